The molecule has 0 atom stereocenters. The maximum atomic E-state index is 5.98. The van der Waals surface area contributed by atoms with Crippen LogP contribution in [0.25, 0.3) is 0 Å². The number of piperidine rings is 1. The first-order valence-electron chi connectivity index (χ1n) is 7.51. The topological polar surface area (TPSA) is 38.5 Å². The molecule has 0 unspecified atom stereocenters. The van der Waals surface area contributed by atoms with Crippen molar-refractivity contribution < 1.29 is 4.74 Å². The van der Waals surface area contributed by atoms with Gasteiger partial charge in [-0.3, -0.25) is 0 Å². The number of rotatable bonds is 5. The Balaban J connectivity index is 2.05. The molecule has 0 spiro atoms. The number of nitrogens with two attached hydrogens (primary N) is 1. The number of anilines is 2. The van der Waals surface area contributed by atoms with E-state index in [0.717, 1.165) is 43.5 Å². The molecule has 0 aliphatic carbocycles. The van der Waals surface area contributed by atoms with E-state index in [1.807, 2.05) is 6.07 Å². The number of ether oxygens (including phenoxy) is 1. The van der Waals surface area contributed by atoms with Crippen LogP contribution in [0.2, 0.25) is 0 Å². The highest BCUT2D eigenvalue weighted by Crippen LogP contribution is 2.29. The van der Waals surface area contributed by atoms with Crippen LogP contribution < -0.4 is 15.4 Å². The zero-order valence-electron chi connectivity index (χ0n) is 12.2. The van der Waals surface area contributed by atoms with Gasteiger partial charge in [0.1, 0.15) is 5.75 Å². The Labute approximate surface area is 116 Å². The molecule has 1 aliphatic rings. The first-order chi connectivity index (χ1) is 9.22. The highest BCUT2D eigenvalue weighted by atomic mass is 16.5. The van der Waals surface area contributed by atoms with E-state index in [-0.39, 0.29) is 0 Å². The average Bonchev–Trinajstić information content (AvgIpc) is 2.44. The molecule has 0 saturated carbocycles. The van der Waals surface area contributed by atoms with Crippen LogP contribution in [0.5, 0.6) is 5.75 Å². The minimum absolute atomic E-state index is 0.751. The molecule has 0 amide bonds. The highest BCUT2D eigenvalue weighted by molar-refractivity contribution is 5.60. The summed E-state index contributed by atoms with van der Waals surface area (Å²) in [6.07, 6.45) is 4.90. The van der Waals surface area contributed by atoms with Gasteiger partial charge >= 0.3 is 0 Å². The van der Waals surface area contributed by atoms with E-state index >= 15 is 0 Å². The lowest BCUT2D eigenvalue weighted by Crippen LogP contribution is -2.33. The molecule has 0 radical (unpaired) electrons. The largest absolute Gasteiger partial charge is 0.493 e. The number of hydrogen-bond acceptors (Lipinski definition) is 3. The summed E-state index contributed by atoms with van der Waals surface area (Å²) in [5.74, 6) is 1.79. The van der Waals surface area contributed by atoms with Gasteiger partial charge in [-0.2, -0.15) is 0 Å². The molecular weight excluding hydrogens is 236 g/mol. The number of hydrogen-bond donors (Lipinski definition) is 1. The first-order valence-corrected chi connectivity index (χ1v) is 7.51. The van der Waals surface area contributed by atoms with E-state index in [0.29, 0.717) is 0 Å². The molecular formula is C16H26N2O. The second-order valence-corrected chi connectivity index (χ2v) is 5.45. The molecule has 0 bridgehead atoms. The fourth-order valence-corrected chi connectivity index (χ4v) is 2.69. The smallest absolute Gasteiger partial charge is 0.123 e. The fourth-order valence-electron chi connectivity index (χ4n) is 2.69. The minimum Gasteiger partial charge on any atom is -0.493 e. The summed E-state index contributed by atoms with van der Waals surface area (Å²) >= 11 is 0. The third kappa shape index (κ3) is 3.79. The van der Waals surface area contributed by atoms with Crippen LogP contribution in [0.3, 0.4) is 0 Å². The van der Waals surface area contributed by atoms with E-state index < -0.39 is 0 Å². The van der Waals surface area contributed by atoms with E-state index in [1.54, 1.807) is 0 Å². The van der Waals surface area contributed by atoms with Crippen LogP contribution in [0.1, 0.15) is 39.5 Å². The molecule has 2 N–H and O–H groups in total. The van der Waals surface area contributed by atoms with Gasteiger partial charge in [0.05, 0.1) is 6.61 Å². The molecule has 1 aromatic rings. The van der Waals surface area contributed by atoms with Gasteiger partial charge in [0.2, 0.25) is 0 Å². The van der Waals surface area contributed by atoms with Crippen molar-refractivity contribution in [3.05, 3.63) is 18.2 Å². The molecule has 2 rings (SSSR count). The van der Waals surface area contributed by atoms with Crippen LogP contribution in [0, 0.1) is 5.92 Å². The van der Waals surface area contributed by atoms with E-state index in [2.05, 4.69) is 30.9 Å². The van der Waals surface area contributed by atoms with Crippen molar-refractivity contribution in [2.75, 3.05) is 30.3 Å². The molecule has 1 aliphatic heterocycles. The Kier molecular flexibility index (Phi) is 4.94. The molecule has 1 aromatic carbocycles. The van der Waals surface area contributed by atoms with Crippen LogP contribution in [0.4, 0.5) is 11.4 Å². The lowest BCUT2D eigenvalue weighted by molar-refractivity contribution is 0.317. The maximum absolute atomic E-state index is 5.98. The molecule has 3 nitrogen and oxygen atoms in total. The Hall–Kier alpha value is -1.38. The minimum atomic E-state index is 0.751. The molecule has 1 heterocycles. The standard InChI is InChI=1S/C16H26N2O/c1-3-9-19-16-11-14(17)10-15(12-16)18-7-5-13(4-2)6-8-18/h10-13H,3-9,17H2,1-2H3. The Bertz CT molecular complexity index is 398. The van der Waals surface area contributed by atoms with Gasteiger partial charge < -0.3 is 15.4 Å². The van der Waals surface area contributed by atoms with Gasteiger partial charge in [-0.05, 0) is 31.2 Å². The molecule has 3 heteroatoms. The molecule has 106 valence electrons. The maximum Gasteiger partial charge on any atom is 0.123 e. The second kappa shape index (κ2) is 6.69. The van der Waals surface area contributed by atoms with Crippen molar-refractivity contribution in [1.82, 2.24) is 0 Å². The summed E-state index contributed by atoms with van der Waals surface area (Å²) in [6, 6.07) is 6.10. The van der Waals surface area contributed by atoms with Gasteiger partial charge in [0, 0.05) is 36.6 Å². The Morgan fingerprint density at radius 3 is 2.58 bits per heavy atom. The van der Waals surface area contributed by atoms with Gasteiger partial charge in [0.15, 0.2) is 0 Å². The molecule has 19 heavy (non-hydrogen) atoms. The SMILES string of the molecule is CCCOc1cc(N)cc(N2CCC(CC)CC2)c1. The van der Waals surface area contributed by atoms with Crippen molar-refractivity contribution in [2.45, 2.75) is 39.5 Å². The summed E-state index contributed by atoms with van der Waals surface area (Å²) < 4.78 is 5.70. The lowest BCUT2D eigenvalue weighted by atomic mass is 9.94. The highest BCUT2D eigenvalue weighted by Gasteiger charge is 2.18. The number of nitrogens with zero attached hydrogens (tertiary/aromatic N) is 1. The normalized spacial score (nSPS) is 16.6. The average molecular weight is 262 g/mol. The van der Waals surface area contributed by atoms with Crippen molar-refractivity contribution in [3.8, 4) is 5.75 Å². The summed E-state index contributed by atoms with van der Waals surface area (Å²) in [7, 11) is 0. The fraction of sp³-hybridized carbons (Fsp3) is 0.625. The zero-order chi connectivity index (χ0) is 13.7. The second-order valence-electron chi connectivity index (χ2n) is 5.45. The predicted molar refractivity (Wildman–Crippen MR) is 81.9 cm³/mol. The van der Waals surface area contributed by atoms with Crippen molar-refractivity contribution in [2.24, 2.45) is 5.92 Å². The van der Waals surface area contributed by atoms with E-state index in [9.17, 15) is 0 Å². The summed E-state index contributed by atoms with van der Waals surface area (Å²) in [5, 5.41) is 0. The summed E-state index contributed by atoms with van der Waals surface area (Å²) in [4.78, 5) is 2.43. The molecule has 1 fully saturated rings. The number of benzene rings is 1. The van der Waals surface area contributed by atoms with Gasteiger partial charge in [-0.1, -0.05) is 20.3 Å². The summed E-state index contributed by atoms with van der Waals surface area (Å²) in [5.41, 5.74) is 7.99. The van der Waals surface area contributed by atoms with Crippen molar-refractivity contribution in [1.29, 1.82) is 0 Å². The van der Waals surface area contributed by atoms with Crippen LogP contribution in [0.15, 0.2) is 18.2 Å². The van der Waals surface area contributed by atoms with Crippen LogP contribution >= 0.6 is 0 Å². The third-order valence-corrected chi connectivity index (χ3v) is 3.94. The quantitative estimate of drug-likeness (QED) is 0.823. The van der Waals surface area contributed by atoms with Crippen LogP contribution in [-0.2, 0) is 0 Å². The Morgan fingerprint density at radius 1 is 1.21 bits per heavy atom. The lowest BCUT2D eigenvalue weighted by Gasteiger charge is -2.33. The molecule has 1 saturated heterocycles. The Morgan fingerprint density at radius 2 is 1.95 bits per heavy atom. The van der Waals surface area contributed by atoms with Crippen LogP contribution in [-0.4, -0.2) is 19.7 Å². The van der Waals surface area contributed by atoms with Gasteiger partial charge in [-0.15, -0.1) is 0 Å². The van der Waals surface area contributed by atoms with E-state index in [1.165, 1.54) is 24.9 Å². The monoisotopic (exact) mass is 262 g/mol. The van der Waals surface area contributed by atoms with Crippen molar-refractivity contribution >= 4 is 11.4 Å². The number of nitrogen functional groups attached to an aromatic ring is 1. The third-order valence-electron chi connectivity index (χ3n) is 3.94. The van der Waals surface area contributed by atoms with E-state index in [4.69, 9.17) is 10.5 Å². The first kappa shape index (κ1) is 14.0. The van der Waals surface area contributed by atoms with Gasteiger partial charge in [-0.25, -0.2) is 0 Å². The summed E-state index contributed by atoms with van der Waals surface area (Å²) in [6.45, 7) is 7.42. The van der Waals surface area contributed by atoms with Gasteiger partial charge in [0.25, 0.3) is 0 Å². The van der Waals surface area contributed by atoms with Crippen molar-refractivity contribution in [3.63, 3.8) is 0 Å². The molecule has 0 aromatic heterocycles. The predicted octanol–water partition coefficient (Wildman–Crippen LogP) is 3.68. The zero-order valence-corrected chi connectivity index (χ0v) is 12.2.